The molecule has 0 radical (unpaired) electrons. The molecule has 1 saturated heterocycles. The van der Waals surface area contributed by atoms with Crippen molar-refractivity contribution in [3.05, 3.63) is 0 Å². The van der Waals surface area contributed by atoms with E-state index in [1.54, 1.807) is 0 Å². The van der Waals surface area contributed by atoms with Gasteiger partial charge in [0, 0.05) is 32.2 Å². The normalized spacial score (nSPS) is 31.5. The summed E-state index contributed by atoms with van der Waals surface area (Å²) in [7, 11) is 2.18. The van der Waals surface area contributed by atoms with Gasteiger partial charge in [0.05, 0.1) is 6.61 Å². The van der Waals surface area contributed by atoms with E-state index < -0.39 is 5.54 Å². The molecule has 0 spiro atoms. The predicted octanol–water partition coefficient (Wildman–Crippen LogP) is 1.09. The van der Waals surface area contributed by atoms with Gasteiger partial charge >= 0.3 is 5.97 Å². The first-order valence-corrected chi connectivity index (χ1v) is 8.46. The van der Waals surface area contributed by atoms with Crippen molar-refractivity contribution < 1.29 is 9.53 Å². The molecule has 2 unspecified atom stereocenters. The van der Waals surface area contributed by atoms with Crippen molar-refractivity contribution in [3.8, 4) is 0 Å². The number of likely N-dealkylation sites (N-methyl/N-ethyl adjacent to an activating group) is 1. The average Bonchev–Trinajstić information content (AvgIpc) is 2.92. The summed E-state index contributed by atoms with van der Waals surface area (Å²) < 4.78 is 5.35. The second-order valence-corrected chi connectivity index (χ2v) is 6.47. The number of nitrogens with zero attached hydrogens (tertiary/aromatic N) is 2. The zero-order chi connectivity index (χ0) is 15.3. The molecule has 1 aliphatic heterocycles. The third-order valence-corrected chi connectivity index (χ3v) is 4.92. The third kappa shape index (κ3) is 3.96. The van der Waals surface area contributed by atoms with Gasteiger partial charge in [-0.25, -0.2) is 0 Å². The Hall–Kier alpha value is -0.650. The highest BCUT2D eigenvalue weighted by molar-refractivity contribution is 5.81. The summed E-state index contributed by atoms with van der Waals surface area (Å²) in [6.07, 6.45) is 3.94. The van der Waals surface area contributed by atoms with Crippen LogP contribution in [0.25, 0.3) is 0 Å². The van der Waals surface area contributed by atoms with Gasteiger partial charge in [0.25, 0.3) is 0 Å². The molecule has 2 atom stereocenters. The van der Waals surface area contributed by atoms with Crippen LogP contribution in [0.1, 0.15) is 39.5 Å². The molecule has 2 rings (SSSR count). The molecule has 1 saturated carbocycles. The van der Waals surface area contributed by atoms with Crippen molar-refractivity contribution in [3.63, 3.8) is 0 Å². The second kappa shape index (κ2) is 7.56. The van der Waals surface area contributed by atoms with E-state index in [-0.39, 0.29) is 5.97 Å². The molecule has 1 aliphatic carbocycles. The Bertz CT molecular complexity index is 342. The predicted molar refractivity (Wildman–Crippen MR) is 84.4 cm³/mol. The number of hydrogen-bond acceptors (Lipinski definition) is 5. The molecule has 1 N–H and O–H groups in total. The molecule has 0 aromatic rings. The van der Waals surface area contributed by atoms with Gasteiger partial charge in [0.15, 0.2) is 0 Å². The quantitative estimate of drug-likeness (QED) is 0.744. The highest BCUT2D eigenvalue weighted by Crippen LogP contribution is 2.34. The van der Waals surface area contributed by atoms with Crippen LogP contribution in [-0.2, 0) is 9.53 Å². The number of nitrogens with one attached hydrogen (secondary N) is 1. The van der Waals surface area contributed by atoms with Crippen LogP contribution in [0.5, 0.6) is 0 Å². The standard InChI is InChI=1S/C16H31N3O2/c1-4-8-17-16(15(20)21-5-2)7-6-14(13-16)19-11-9-18(3)10-12-19/h14,17H,4-13H2,1-3H3. The van der Waals surface area contributed by atoms with E-state index in [4.69, 9.17) is 4.74 Å². The van der Waals surface area contributed by atoms with Crippen LogP contribution in [0.4, 0.5) is 0 Å². The monoisotopic (exact) mass is 297 g/mol. The Morgan fingerprint density at radius 2 is 2.00 bits per heavy atom. The zero-order valence-electron chi connectivity index (χ0n) is 13.9. The fraction of sp³-hybridized carbons (Fsp3) is 0.938. The average molecular weight is 297 g/mol. The molecule has 5 heteroatoms. The summed E-state index contributed by atoms with van der Waals surface area (Å²) in [5.74, 6) is -0.0462. The first kappa shape index (κ1) is 16.7. The van der Waals surface area contributed by atoms with Gasteiger partial charge in [-0.2, -0.15) is 0 Å². The summed E-state index contributed by atoms with van der Waals surface area (Å²) in [6, 6.07) is 0.521. The second-order valence-electron chi connectivity index (χ2n) is 6.47. The lowest BCUT2D eigenvalue weighted by molar-refractivity contribution is -0.151. The van der Waals surface area contributed by atoms with E-state index >= 15 is 0 Å². The first-order valence-electron chi connectivity index (χ1n) is 8.46. The van der Waals surface area contributed by atoms with Crippen molar-refractivity contribution in [1.82, 2.24) is 15.1 Å². The molecule has 2 aliphatic rings. The van der Waals surface area contributed by atoms with Crippen LogP contribution in [-0.4, -0.2) is 73.7 Å². The molecular weight excluding hydrogens is 266 g/mol. The maximum Gasteiger partial charge on any atom is 0.326 e. The summed E-state index contributed by atoms with van der Waals surface area (Å²) in [5, 5.41) is 3.50. The molecule has 1 heterocycles. The fourth-order valence-electron chi connectivity index (χ4n) is 3.57. The van der Waals surface area contributed by atoms with Crippen LogP contribution < -0.4 is 5.32 Å². The van der Waals surface area contributed by atoms with Crippen LogP contribution >= 0.6 is 0 Å². The van der Waals surface area contributed by atoms with Crippen LogP contribution in [0, 0.1) is 0 Å². The van der Waals surface area contributed by atoms with Crippen LogP contribution in [0.2, 0.25) is 0 Å². The maximum absolute atomic E-state index is 12.4. The molecule has 0 amide bonds. The number of carbonyl (C=O) groups excluding carboxylic acids is 1. The van der Waals surface area contributed by atoms with E-state index in [1.165, 1.54) is 0 Å². The van der Waals surface area contributed by atoms with Crippen molar-refractivity contribution in [2.24, 2.45) is 0 Å². The highest BCUT2D eigenvalue weighted by atomic mass is 16.5. The number of rotatable bonds is 6. The molecule has 0 aromatic heterocycles. The fourth-order valence-corrected chi connectivity index (χ4v) is 3.57. The van der Waals surface area contributed by atoms with E-state index in [0.29, 0.717) is 12.6 Å². The summed E-state index contributed by atoms with van der Waals surface area (Å²) in [5.41, 5.74) is -0.444. The van der Waals surface area contributed by atoms with Gasteiger partial charge < -0.3 is 15.0 Å². The van der Waals surface area contributed by atoms with Crippen LogP contribution in [0.15, 0.2) is 0 Å². The van der Waals surface area contributed by atoms with Gasteiger partial charge in [0.1, 0.15) is 5.54 Å². The minimum Gasteiger partial charge on any atom is -0.465 e. The zero-order valence-corrected chi connectivity index (χ0v) is 13.9. The SMILES string of the molecule is CCCNC1(C(=O)OCC)CCC(N2CCN(C)CC2)C1. The Morgan fingerprint density at radius 3 is 2.62 bits per heavy atom. The first-order chi connectivity index (χ1) is 10.1. The van der Waals surface area contributed by atoms with Gasteiger partial charge in [0.2, 0.25) is 0 Å². The smallest absolute Gasteiger partial charge is 0.326 e. The van der Waals surface area contributed by atoms with Gasteiger partial charge in [-0.3, -0.25) is 9.69 Å². The Morgan fingerprint density at radius 1 is 1.29 bits per heavy atom. The van der Waals surface area contributed by atoms with Gasteiger partial charge in [-0.05, 0) is 46.2 Å². The molecule has 5 nitrogen and oxygen atoms in total. The lowest BCUT2D eigenvalue weighted by atomic mass is 9.96. The Balaban J connectivity index is 1.98. The third-order valence-electron chi connectivity index (χ3n) is 4.92. The van der Waals surface area contributed by atoms with E-state index in [2.05, 4.69) is 29.1 Å². The number of ether oxygens (including phenoxy) is 1. The largest absolute Gasteiger partial charge is 0.465 e. The highest BCUT2D eigenvalue weighted by Gasteiger charge is 2.47. The lowest BCUT2D eigenvalue weighted by Crippen LogP contribution is -2.54. The minimum absolute atomic E-state index is 0.0462. The van der Waals surface area contributed by atoms with E-state index in [9.17, 15) is 4.79 Å². The topological polar surface area (TPSA) is 44.8 Å². The molecular formula is C16H31N3O2. The minimum atomic E-state index is -0.444. The van der Waals surface area contributed by atoms with Crippen molar-refractivity contribution in [2.45, 2.75) is 51.1 Å². The molecule has 21 heavy (non-hydrogen) atoms. The number of hydrogen-bond donors (Lipinski definition) is 1. The maximum atomic E-state index is 12.4. The van der Waals surface area contributed by atoms with E-state index in [0.717, 1.165) is 58.4 Å². The summed E-state index contributed by atoms with van der Waals surface area (Å²) in [6.45, 7) is 9.87. The number of piperazine rings is 1. The molecule has 0 bridgehead atoms. The lowest BCUT2D eigenvalue weighted by Gasteiger charge is -2.37. The summed E-state index contributed by atoms with van der Waals surface area (Å²) >= 11 is 0. The Kier molecular flexibility index (Phi) is 6.02. The van der Waals surface area contributed by atoms with Gasteiger partial charge in [-0.1, -0.05) is 6.92 Å². The van der Waals surface area contributed by atoms with Crippen molar-refractivity contribution >= 4 is 5.97 Å². The van der Waals surface area contributed by atoms with Crippen molar-refractivity contribution in [2.75, 3.05) is 46.4 Å². The van der Waals surface area contributed by atoms with Gasteiger partial charge in [-0.15, -0.1) is 0 Å². The van der Waals surface area contributed by atoms with Crippen molar-refractivity contribution in [1.29, 1.82) is 0 Å². The van der Waals surface area contributed by atoms with Crippen LogP contribution in [0.3, 0.4) is 0 Å². The molecule has 2 fully saturated rings. The molecule has 0 aromatic carbocycles. The Labute approximate surface area is 129 Å². The van der Waals surface area contributed by atoms with E-state index in [1.807, 2.05) is 6.92 Å². The summed E-state index contributed by atoms with van der Waals surface area (Å²) in [4.78, 5) is 17.4. The number of carbonyl (C=O) groups is 1. The molecule has 122 valence electrons. The number of esters is 1.